The average molecular weight is 838 g/mol. The predicted molar refractivity (Wildman–Crippen MR) is 234 cm³/mol. The summed E-state index contributed by atoms with van der Waals surface area (Å²) in [5, 5.41) is 29.3. The number of nitrogens with one attached hydrogen (secondary N) is 1. The van der Waals surface area contributed by atoms with Crippen molar-refractivity contribution >= 4 is 28.2 Å². The summed E-state index contributed by atoms with van der Waals surface area (Å²) in [5.41, 5.74) is 9.93. The second kappa shape index (κ2) is 14.9. The molecule has 3 unspecified atom stereocenters. The van der Waals surface area contributed by atoms with Crippen molar-refractivity contribution in [1.29, 1.82) is 0 Å². The van der Waals surface area contributed by atoms with E-state index < -0.39 is 11.7 Å². The molecule has 7 heterocycles. The van der Waals surface area contributed by atoms with Crippen LogP contribution >= 0.6 is 0 Å². The largest absolute Gasteiger partial charge is 0.376 e. The first-order chi connectivity index (χ1) is 29.6. The second-order valence-corrected chi connectivity index (χ2v) is 19.3. The first kappa shape index (κ1) is 40.7. The highest BCUT2D eigenvalue weighted by Gasteiger charge is 2.50. The number of fused-ring (bicyclic) bond motifs is 2. The number of Topliss-reactive ketones (excluding diaryl/α,β-unsaturated/α-hetero) is 1. The van der Waals surface area contributed by atoms with Gasteiger partial charge in [0.2, 0.25) is 0 Å². The molecule has 4 aromatic heterocycles. The van der Waals surface area contributed by atoms with Crippen LogP contribution in [-0.2, 0) is 21.5 Å². The molecule has 2 saturated heterocycles. The van der Waals surface area contributed by atoms with E-state index in [2.05, 4.69) is 51.5 Å². The van der Waals surface area contributed by atoms with Gasteiger partial charge in [0.1, 0.15) is 29.1 Å². The molecule has 4 fully saturated rings. The Morgan fingerprint density at radius 1 is 0.823 bits per heavy atom. The van der Waals surface area contributed by atoms with Gasteiger partial charge in [-0.1, -0.05) is 10.3 Å². The van der Waals surface area contributed by atoms with Gasteiger partial charge in [0.25, 0.3) is 0 Å². The van der Waals surface area contributed by atoms with E-state index in [4.69, 9.17) is 28.5 Å². The maximum atomic E-state index is 13.4. The van der Waals surface area contributed by atoms with Gasteiger partial charge in [0, 0.05) is 46.5 Å². The lowest BCUT2D eigenvalue weighted by molar-refractivity contribution is -0.112. The molecule has 2 N–H and O–H groups in total. The molecule has 0 bridgehead atoms. The first-order valence-electron chi connectivity index (χ1n) is 22.1. The Kier molecular flexibility index (Phi) is 9.76. The molecule has 62 heavy (non-hydrogen) atoms. The summed E-state index contributed by atoms with van der Waals surface area (Å²) in [6.45, 7) is 15.9. The van der Waals surface area contributed by atoms with Crippen LogP contribution in [0.3, 0.4) is 0 Å². The number of rotatable bonds is 9. The minimum absolute atomic E-state index is 0.0521. The Hall–Kier alpha value is -5.37. The molecular weight excluding hydrogens is 783 g/mol. The fourth-order valence-electron chi connectivity index (χ4n) is 9.83. The van der Waals surface area contributed by atoms with Crippen molar-refractivity contribution < 1.29 is 28.4 Å². The molecule has 2 aliphatic carbocycles. The number of carbonyl (C=O) groups excluding carboxylic acids is 1. The predicted octanol–water partition coefficient (Wildman–Crippen LogP) is 9.83. The molecule has 3 aliphatic heterocycles. The fourth-order valence-corrected chi connectivity index (χ4v) is 9.83. The zero-order valence-electron chi connectivity index (χ0n) is 36.9. The zero-order chi connectivity index (χ0) is 43.3. The molecule has 322 valence electrons. The van der Waals surface area contributed by atoms with Crippen molar-refractivity contribution in [3.8, 4) is 22.3 Å². The molecule has 5 aliphatic rings. The summed E-state index contributed by atoms with van der Waals surface area (Å²) < 4.78 is 23.3. The number of aromatic nitrogens is 6. The quantitative estimate of drug-likeness (QED) is 0.133. The molecule has 3 atom stereocenters. The van der Waals surface area contributed by atoms with Gasteiger partial charge in [-0.25, -0.2) is 4.98 Å². The summed E-state index contributed by atoms with van der Waals surface area (Å²) in [5.74, 6) is 3.55. The molecule has 2 saturated carbocycles. The highest BCUT2D eigenvalue weighted by molar-refractivity contribution is 6.09. The number of H-pyrrole nitrogens is 1. The van der Waals surface area contributed by atoms with E-state index in [1.165, 1.54) is 18.6 Å². The number of nitrogens with zero attached hydrogens (tertiary/aromatic N) is 6. The van der Waals surface area contributed by atoms with Gasteiger partial charge < -0.3 is 28.6 Å². The van der Waals surface area contributed by atoms with E-state index in [-0.39, 0.29) is 23.1 Å². The van der Waals surface area contributed by atoms with Gasteiger partial charge >= 0.3 is 0 Å². The number of aryl methyl sites for hydroxylation is 4. The third kappa shape index (κ3) is 7.31. The Labute approximate surface area is 361 Å². The van der Waals surface area contributed by atoms with E-state index in [1.54, 1.807) is 12.3 Å². The monoisotopic (exact) mass is 837 g/mol. The van der Waals surface area contributed by atoms with Gasteiger partial charge in [-0.3, -0.25) is 9.79 Å². The van der Waals surface area contributed by atoms with Crippen LogP contribution in [0.5, 0.6) is 0 Å². The van der Waals surface area contributed by atoms with Gasteiger partial charge in [0.05, 0.1) is 45.4 Å². The number of aliphatic hydroxyl groups is 1. The van der Waals surface area contributed by atoms with Gasteiger partial charge in [-0.05, 0) is 166 Å². The van der Waals surface area contributed by atoms with Crippen molar-refractivity contribution in [2.45, 2.75) is 148 Å². The van der Waals surface area contributed by atoms with Crippen molar-refractivity contribution in [3.05, 3.63) is 93.7 Å². The molecule has 0 radical (unpaired) electrons. The number of aliphatic imine (C=N–C) groups is 1. The van der Waals surface area contributed by atoms with Crippen molar-refractivity contribution in [1.82, 2.24) is 30.5 Å². The standard InChI is InChI=1S/C26H29N5O3.C23H26N2O3/c1-14-22(15(2)34-31-14)17-12-18(23-19(13-17)28-24(29-23)16-7-8-16)26(32,20-6-5-11-27-30-20)21-9-10-25(3,4)33-21;1-12-20(13(2)28-25-12)15-9-16-11-18(14-5-6-14)24-21(16)17(10-15)22(26)19-7-8-23(3,4)27-19/h5-6,11-13,16,21,32H,7-10H2,1-4H3,(H,28,29);9-10,14,19H,5-8,11H2,1-4H3. The number of imidazole rings is 1. The topological polar surface area (TPSA) is 175 Å². The zero-order valence-corrected chi connectivity index (χ0v) is 36.9. The molecule has 0 spiro atoms. The molecule has 11 rings (SSSR count). The van der Waals surface area contributed by atoms with E-state index >= 15 is 0 Å². The van der Waals surface area contributed by atoms with Crippen LogP contribution in [0.2, 0.25) is 0 Å². The van der Waals surface area contributed by atoms with Crippen LogP contribution in [0.4, 0.5) is 5.69 Å². The number of hydrogen-bond acceptors (Lipinski definition) is 12. The SMILES string of the molecule is Cc1noc(C)c1-c1cc(C(O)(c2cccnn2)C2CCC(C)(C)O2)c2nc(C3CC3)[nH]c2c1.Cc1noc(C)c1-c1cc2c(c(C(=O)C3CCC(C)(C)O3)c1)N=C(C1CC1)C2. The van der Waals surface area contributed by atoms with Crippen LogP contribution in [0.1, 0.15) is 141 Å². The minimum atomic E-state index is -1.54. The maximum absolute atomic E-state index is 13.4. The summed E-state index contributed by atoms with van der Waals surface area (Å²) in [4.78, 5) is 26.9. The molecule has 0 amide bonds. The molecule has 13 nitrogen and oxygen atoms in total. The van der Waals surface area contributed by atoms with Crippen LogP contribution in [-0.4, -0.2) is 70.5 Å². The highest BCUT2D eigenvalue weighted by Crippen LogP contribution is 2.48. The Balaban J connectivity index is 0.000000151. The number of hydrogen-bond donors (Lipinski definition) is 2. The van der Waals surface area contributed by atoms with Crippen LogP contribution in [0.25, 0.3) is 33.3 Å². The van der Waals surface area contributed by atoms with Crippen LogP contribution in [0.15, 0.2) is 56.6 Å². The third-order valence-corrected chi connectivity index (χ3v) is 13.4. The summed E-state index contributed by atoms with van der Waals surface area (Å²) in [7, 11) is 0. The lowest BCUT2D eigenvalue weighted by atomic mass is 9.81. The van der Waals surface area contributed by atoms with Crippen LogP contribution < -0.4 is 0 Å². The van der Waals surface area contributed by atoms with E-state index in [1.807, 2.05) is 59.7 Å². The van der Waals surface area contributed by atoms with Crippen molar-refractivity contribution in [2.24, 2.45) is 10.9 Å². The third-order valence-electron chi connectivity index (χ3n) is 13.4. The molecular formula is C49H55N7O6. The Bertz CT molecular complexity index is 2720. The van der Waals surface area contributed by atoms with E-state index in [0.717, 1.165) is 112 Å². The first-order valence-corrected chi connectivity index (χ1v) is 22.1. The van der Waals surface area contributed by atoms with Crippen molar-refractivity contribution in [3.63, 3.8) is 0 Å². The van der Waals surface area contributed by atoms with Gasteiger partial charge in [-0.2, -0.15) is 10.2 Å². The summed E-state index contributed by atoms with van der Waals surface area (Å²) in [6, 6.07) is 11.8. The van der Waals surface area contributed by atoms with Crippen LogP contribution in [0, 0.1) is 33.6 Å². The Morgan fingerprint density at radius 3 is 2.05 bits per heavy atom. The lowest BCUT2D eigenvalue weighted by Crippen LogP contribution is -2.43. The average Bonchev–Trinajstić information content (AvgIpc) is 4.00. The van der Waals surface area contributed by atoms with E-state index in [0.29, 0.717) is 35.1 Å². The summed E-state index contributed by atoms with van der Waals surface area (Å²) in [6.07, 6.45) is 9.43. The molecule has 13 heteroatoms. The number of ether oxygens (including phenoxy) is 2. The smallest absolute Gasteiger partial charge is 0.193 e. The number of benzene rings is 2. The summed E-state index contributed by atoms with van der Waals surface area (Å²) >= 11 is 0. The normalized spacial score (nSPS) is 22.3. The van der Waals surface area contributed by atoms with E-state index in [9.17, 15) is 9.90 Å². The highest BCUT2D eigenvalue weighted by atomic mass is 16.5. The second-order valence-electron chi connectivity index (χ2n) is 19.3. The Morgan fingerprint density at radius 2 is 1.48 bits per heavy atom. The number of ketones is 1. The minimum Gasteiger partial charge on any atom is -0.376 e. The fraction of sp³-hybridized carbons (Fsp3) is 0.490. The lowest BCUT2D eigenvalue weighted by Gasteiger charge is -2.35. The van der Waals surface area contributed by atoms with Gasteiger partial charge in [-0.15, -0.1) is 0 Å². The molecule has 6 aromatic rings. The molecule has 2 aromatic carbocycles. The maximum Gasteiger partial charge on any atom is 0.193 e. The number of carbonyl (C=O) groups is 1. The number of aromatic amines is 1. The van der Waals surface area contributed by atoms with Crippen molar-refractivity contribution in [2.75, 3.05) is 0 Å². The van der Waals surface area contributed by atoms with Gasteiger partial charge in [0.15, 0.2) is 11.4 Å².